The topological polar surface area (TPSA) is 67.8 Å². The van der Waals surface area contributed by atoms with Crippen molar-refractivity contribution in [2.45, 2.75) is 13.8 Å². The molecule has 5 nitrogen and oxygen atoms in total. The van der Waals surface area contributed by atoms with Gasteiger partial charge in [0.2, 0.25) is 5.91 Å². The zero-order valence-corrected chi connectivity index (χ0v) is 13.9. The molecule has 3 rings (SSSR count). The third kappa shape index (κ3) is 3.11. The first kappa shape index (κ1) is 15.6. The summed E-state index contributed by atoms with van der Waals surface area (Å²) in [6.07, 6.45) is 1.68. The van der Waals surface area contributed by atoms with Crippen LogP contribution in [0.5, 0.6) is 0 Å². The minimum atomic E-state index is -0.243. The van der Waals surface area contributed by atoms with Crippen molar-refractivity contribution in [2.24, 2.45) is 0 Å². The average Bonchev–Trinajstić information content (AvgIpc) is 2.47. The van der Waals surface area contributed by atoms with Gasteiger partial charge < -0.3 is 5.32 Å². The lowest BCUT2D eigenvalue weighted by atomic mass is 10.0. The number of aryl methyl sites for hydroxylation is 1. The Labute approximate surface area is 142 Å². The number of halogens is 2. The zero-order valence-electron chi connectivity index (χ0n) is 12.4. The van der Waals surface area contributed by atoms with Crippen LogP contribution >= 0.6 is 23.2 Å². The highest BCUT2D eigenvalue weighted by Crippen LogP contribution is 2.39. The number of carbonyl (C=O) groups is 1. The van der Waals surface area contributed by atoms with E-state index in [0.717, 1.165) is 5.39 Å². The molecule has 0 spiro atoms. The first-order valence-electron chi connectivity index (χ1n) is 6.82. The number of hydrogen-bond acceptors (Lipinski definition) is 4. The van der Waals surface area contributed by atoms with Crippen LogP contribution in [0.15, 0.2) is 30.5 Å². The third-order valence-electron chi connectivity index (χ3n) is 3.22. The predicted molar refractivity (Wildman–Crippen MR) is 91.8 cm³/mol. The van der Waals surface area contributed by atoms with Crippen LogP contribution in [0.25, 0.3) is 22.2 Å². The lowest BCUT2D eigenvalue weighted by Crippen LogP contribution is -2.09. The van der Waals surface area contributed by atoms with Crippen molar-refractivity contribution in [3.8, 4) is 11.1 Å². The van der Waals surface area contributed by atoms with E-state index in [1.54, 1.807) is 31.3 Å². The molecule has 1 N–H and O–H groups in total. The van der Waals surface area contributed by atoms with Gasteiger partial charge in [0.1, 0.15) is 11.6 Å². The molecule has 7 heteroatoms. The van der Waals surface area contributed by atoms with Crippen molar-refractivity contribution >= 4 is 46.0 Å². The van der Waals surface area contributed by atoms with Gasteiger partial charge in [0.15, 0.2) is 5.65 Å². The molecule has 3 aromatic rings. The van der Waals surface area contributed by atoms with Crippen LogP contribution < -0.4 is 5.32 Å². The predicted octanol–water partition coefficient (Wildman–Crippen LogP) is 4.27. The molecular weight excluding hydrogens is 335 g/mol. The van der Waals surface area contributed by atoms with E-state index in [2.05, 4.69) is 20.3 Å². The number of rotatable bonds is 2. The van der Waals surface area contributed by atoms with Gasteiger partial charge in [-0.05, 0) is 25.1 Å². The average molecular weight is 347 g/mol. The summed E-state index contributed by atoms with van der Waals surface area (Å²) in [4.78, 5) is 24.4. The molecule has 0 saturated heterocycles. The van der Waals surface area contributed by atoms with E-state index in [9.17, 15) is 4.79 Å². The number of aromatic nitrogens is 3. The van der Waals surface area contributed by atoms with E-state index in [1.165, 1.54) is 6.92 Å². The van der Waals surface area contributed by atoms with E-state index < -0.39 is 0 Å². The van der Waals surface area contributed by atoms with Gasteiger partial charge in [0, 0.05) is 29.6 Å². The molecule has 0 aliphatic rings. The second-order valence-corrected chi connectivity index (χ2v) is 5.81. The maximum Gasteiger partial charge on any atom is 0.222 e. The molecule has 0 saturated carbocycles. The monoisotopic (exact) mass is 346 g/mol. The highest BCUT2D eigenvalue weighted by molar-refractivity contribution is 6.39. The van der Waals surface area contributed by atoms with Crippen molar-refractivity contribution in [1.82, 2.24) is 15.0 Å². The van der Waals surface area contributed by atoms with Gasteiger partial charge in [-0.15, -0.1) is 0 Å². The largest absolute Gasteiger partial charge is 0.310 e. The molecule has 116 valence electrons. The molecule has 0 aliphatic heterocycles. The fraction of sp³-hybridized carbons (Fsp3) is 0.125. The molecule has 0 fully saturated rings. The van der Waals surface area contributed by atoms with Crippen LogP contribution in [-0.2, 0) is 4.79 Å². The Morgan fingerprint density at radius 1 is 1.17 bits per heavy atom. The Bertz CT molecular complexity index is 907. The number of pyridine rings is 1. The van der Waals surface area contributed by atoms with Crippen molar-refractivity contribution in [3.05, 3.63) is 46.3 Å². The second-order valence-electron chi connectivity index (χ2n) is 4.99. The lowest BCUT2D eigenvalue weighted by molar-refractivity contribution is -0.114. The molecule has 0 radical (unpaired) electrons. The number of amides is 1. The highest BCUT2D eigenvalue weighted by Gasteiger charge is 2.16. The quantitative estimate of drug-likeness (QED) is 0.752. The molecule has 1 aromatic carbocycles. The normalized spacial score (nSPS) is 10.8. The summed E-state index contributed by atoms with van der Waals surface area (Å²) in [6, 6.07) is 7.04. The zero-order chi connectivity index (χ0) is 16.6. The van der Waals surface area contributed by atoms with Crippen LogP contribution in [-0.4, -0.2) is 20.9 Å². The Balaban J connectivity index is 2.33. The summed E-state index contributed by atoms with van der Waals surface area (Å²) >= 11 is 12.6. The highest BCUT2D eigenvalue weighted by atomic mass is 35.5. The molecule has 0 bridgehead atoms. The van der Waals surface area contributed by atoms with Crippen LogP contribution in [0.2, 0.25) is 10.0 Å². The summed E-state index contributed by atoms with van der Waals surface area (Å²) < 4.78 is 0. The Hall–Kier alpha value is -2.24. The van der Waals surface area contributed by atoms with E-state index in [0.29, 0.717) is 38.5 Å². The molecule has 2 heterocycles. The minimum absolute atomic E-state index is 0.243. The minimum Gasteiger partial charge on any atom is -0.310 e. The van der Waals surface area contributed by atoms with Crippen molar-refractivity contribution in [3.63, 3.8) is 0 Å². The fourth-order valence-corrected chi connectivity index (χ4v) is 2.86. The van der Waals surface area contributed by atoms with Gasteiger partial charge in [0.25, 0.3) is 0 Å². The van der Waals surface area contributed by atoms with Crippen LogP contribution in [0.1, 0.15) is 12.7 Å². The van der Waals surface area contributed by atoms with Crippen LogP contribution in [0, 0.1) is 6.92 Å². The van der Waals surface area contributed by atoms with E-state index in [1.807, 2.05) is 6.07 Å². The Kier molecular flexibility index (Phi) is 4.15. The summed E-state index contributed by atoms with van der Waals surface area (Å²) in [5.41, 5.74) is 1.72. The Morgan fingerprint density at radius 3 is 2.52 bits per heavy atom. The number of hydrogen-bond donors (Lipinski definition) is 1. The summed E-state index contributed by atoms with van der Waals surface area (Å²) in [7, 11) is 0. The SMILES string of the molecule is CC(=O)Nc1nc2nc(C)ncc2cc1-c1c(Cl)cccc1Cl. The fourth-order valence-electron chi connectivity index (χ4n) is 2.26. The van der Waals surface area contributed by atoms with Gasteiger partial charge in [-0.25, -0.2) is 15.0 Å². The first-order valence-corrected chi connectivity index (χ1v) is 7.57. The van der Waals surface area contributed by atoms with E-state index >= 15 is 0 Å². The maximum atomic E-state index is 11.5. The van der Waals surface area contributed by atoms with Crippen LogP contribution in [0.3, 0.4) is 0 Å². The van der Waals surface area contributed by atoms with Crippen molar-refractivity contribution in [2.75, 3.05) is 5.32 Å². The van der Waals surface area contributed by atoms with Gasteiger partial charge in [-0.3, -0.25) is 4.79 Å². The van der Waals surface area contributed by atoms with E-state index in [4.69, 9.17) is 23.2 Å². The third-order valence-corrected chi connectivity index (χ3v) is 3.85. The number of carbonyl (C=O) groups excluding carboxylic acids is 1. The van der Waals surface area contributed by atoms with E-state index in [-0.39, 0.29) is 5.91 Å². The summed E-state index contributed by atoms with van der Waals surface area (Å²) in [5, 5.41) is 4.38. The number of fused-ring (bicyclic) bond motifs is 1. The molecule has 2 aromatic heterocycles. The Morgan fingerprint density at radius 2 is 1.87 bits per heavy atom. The number of nitrogens with one attached hydrogen (secondary N) is 1. The van der Waals surface area contributed by atoms with Gasteiger partial charge >= 0.3 is 0 Å². The molecule has 23 heavy (non-hydrogen) atoms. The van der Waals surface area contributed by atoms with Crippen LogP contribution in [0.4, 0.5) is 5.82 Å². The smallest absolute Gasteiger partial charge is 0.222 e. The number of anilines is 1. The molecule has 0 unspecified atom stereocenters. The number of benzene rings is 1. The van der Waals surface area contributed by atoms with Gasteiger partial charge in [0.05, 0.1) is 10.0 Å². The molecular formula is C16H12Cl2N4O. The van der Waals surface area contributed by atoms with Crippen molar-refractivity contribution < 1.29 is 4.79 Å². The molecule has 0 atom stereocenters. The summed E-state index contributed by atoms with van der Waals surface area (Å²) in [5.74, 6) is 0.715. The summed E-state index contributed by atoms with van der Waals surface area (Å²) in [6.45, 7) is 3.19. The van der Waals surface area contributed by atoms with Gasteiger partial charge in [-0.1, -0.05) is 29.3 Å². The maximum absolute atomic E-state index is 11.5. The second kappa shape index (κ2) is 6.10. The van der Waals surface area contributed by atoms with Gasteiger partial charge in [-0.2, -0.15) is 0 Å². The first-order chi connectivity index (χ1) is 11.0. The molecule has 1 amide bonds. The number of nitrogens with zero attached hydrogens (tertiary/aromatic N) is 3. The standard InChI is InChI=1S/C16H12Cl2N4O/c1-8-19-7-10-6-11(14-12(17)4-3-5-13(14)18)16(21-9(2)23)22-15(10)20-8/h3-7H,1-2H3,(H,19,20,21,22,23). The lowest BCUT2D eigenvalue weighted by Gasteiger charge is -2.13. The van der Waals surface area contributed by atoms with Crippen molar-refractivity contribution in [1.29, 1.82) is 0 Å². The molecule has 0 aliphatic carbocycles.